The van der Waals surface area contributed by atoms with Crippen LogP contribution in [0.25, 0.3) is 0 Å². The Morgan fingerprint density at radius 1 is 1.27 bits per heavy atom. The molecule has 88 valence electrons. The van der Waals surface area contributed by atoms with Gasteiger partial charge in [0.25, 0.3) is 0 Å². The molecule has 0 aliphatic carbocycles. The second-order valence-corrected chi connectivity index (χ2v) is 3.35. The molecule has 5 nitrogen and oxygen atoms in total. The molecule has 2 N–H and O–H groups in total. The fourth-order valence-corrected chi connectivity index (χ4v) is 1.58. The summed E-state index contributed by atoms with van der Waals surface area (Å²) in [6.07, 6.45) is 1.03. The number of carboxylic acids is 1. The van der Waals surface area contributed by atoms with E-state index in [0.29, 0.717) is 0 Å². The summed E-state index contributed by atoms with van der Waals surface area (Å²) in [6.45, 7) is 3.94. The first kappa shape index (κ1) is 13.9. The summed E-state index contributed by atoms with van der Waals surface area (Å²) in [5.74, 6) is -1.56. The number of carbonyl (C=O) groups is 2. The van der Waals surface area contributed by atoms with Crippen LogP contribution in [0.1, 0.15) is 33.1 Å². The Labute approximate surface area is 89.7 Å². The smallest absolute Gasteiger partial charge is 0.312 e. The van der Waals surface area contributed by atoms with Gasteiger partial charge in [0.05, 0.1) is 6.61 Å². The van der Waals surface area contributed by atoms with Gasteiger partial charge in [0.15, 0.2) is 0 Å². The van der Waals surface area contributed by atoms with E-state index in [4.69, 9.17) is 10.2 Å². The van der Waals surface area contributed by atoms with Gasteiger partial charge in [0.1, 0.15) is 6.42 Å². The molecule has 0 atom stereocenters. The molecular weight excluding hydrogens is 198 g/mol. The van der Waals surface area contributed by atoms with Gasteiger partial charge in [-0.3, -0.25) is 9.59 Å². The molecule has 0 fully saturated rings. The van der Waals surface area contributed by atoms with Crippen LogP contribution in [-0.2, 0) is 9.59 Å². The number of aliphatic hydroxyl groups is 1. The minimum atomic E-state index is -1.13. The predicted octanol–water partition coefficient (Wildman–Crippen LogP) is 0.471. The van der Waals surface area contributed by atoms with Crippen molar-refractivity contribution >= 4 is 11.9 Å². The first-order chi connectivity index (χ1) is 7.06. The maximum atomic E-state index is 11.5. The Hall–Kier alpha value is -1.10. The van der Waals surface area contributed by atoms with E-state index >= 15 is 0 Å². The monoisotopic (exact) mass is 217 g/mol. The fraction of sp³-hybridized carbons (Fsp3) is 0.800. The minimum Gasteiger partial charge on any atom is -0.481 e. The lowest BCUT2D eigenvalue weighted by molar-refractivity contribution is -0.145. The van der Waals surface area contributed by atoms with Crippen molar-refractivity contribution in [3.63, 3.8) is 0 Å². The van der Waals surface area contributed by atoms with Crippen molar-refractivity contribution < 1.29 is 19.8 Å². The molecule has 5 heteroatoms. The van der Waals surface area contributed by atoms with Gasteiger partial charge in [-0.05, 0) is 12.8 Å². The lowest BCUT2D eigenvalue weighted by Gasteiger charge is -2.29. The summed E-state index contributed by atoms with van der Waals surface area (Å²) >= 11 is 0. The van der Waals surface area contributed by atoms with Crippen molar-refractivity contribution in [3.05, 3.63) is 0 Å². The van der Waals surface area contributed by atoms with E-state index in [1.165, 1.54) is 4.90 Å². The molecule has 1 amide bonds. The number of carboxylic acid groups (broad SMARTS) is 1. The summed E-state index contributed by atoms with van der Waals surface area (Å²) in [5, 5.41) is 17.3. The average molecular weight is 217 g/mol. The lowest BCUT2D eigenvalue weighted by atomic mass is 10.1. The third kappa shape index (κ3) is 4.78. The number of carbonyl (C=O) groups excluding carboxylic acids is 1. The molecule has 15 heavy (non-hydrogen) atoms. The highest BCUT2D eigenvalue weighted by atomic mass is 16.4. The standard InChI is InChI=1S/C10H19NO4/c1-3-8(4-2)11(5-6-12)9(13)7-10(14)15/h8,12H,3-7H2,1-2H3,(H,14,15). The first-order valence-corrected chi connectivity index (χ1v) is 5.18. The highest BCUT2D eigenvalue weighted by Gasteiger charge is 2.22. The highest BCUT2D eigenvalue weighted by Crippen LogP contribution is 2.09. The normalized spacial score (nSPS) is 10.4. The number of hydrogen-bond acceptors (Lipinski definition) is 3. The number of amides is 1. The van der Waals surface area contributed by atoms with Crippen LogP contribution in [0.15, 0.2) is 0 Å². The molecule has 0 unspecified atom stereocenters. The Morgan fingerprint density at radius 3 is 2.13 bits per heavy atom. The molecule has 0 saturated heterocycles. The number of rotatable bonds is 7. The third-order valence-corrected chi connectivity index (χ3v) is 2.35. The molecule has 0 aliphatic heterocycles. The van der Waals surface area contributed by atoms with Crippen LogP contribution in [0.3, 0.4) is 0 Å². The molecule has 0 bridgehead atoms. The second-order valence-electron chi connectivity index (χ2n) is 3.35. The van der Waals surface area contributed by atoms with Crippen molar-refractivity contribution in [2.24, 2.45) is 0 Å². The zero-order valence-electron chi connectivity index (χ0n) is 9.27. The summed E-state index contributed by atoms with van der Waals surface area (Å²) in [7, 11) is 0. The summed E-state index contributed by atoms with van der Waals surface area (Å²) in [4.78, 5) is 23.4. The van der Waals surface area contributed by atoms with Crippen molar-refractivity contribution in [1.82, 2.24) is 4.90 Å². The van der Waals surface area contributed by atoms with E-state index in [2.05, 4.69) is 0 Å². The van der Waals surface area contributed by atoms with Crippen molar-refractivity contribution in [3.8, 4) is 0 Å². The highest BCUT2D eigenvalue weighted by molar-refractivity contribution is 5.93. The van der Waals surface area contributed by atoms with Gasteiger partial charge in [-0.25, -0.2) is 0 Å². The Bertz CT molecular complexity index is 213. The van der Waals surface area contributed by atoms with Gasteiger partial charge in [-0.2, -0.15) is 0 Å². The summed E-state index contributed by atoms with van der Waals surface area (Å²) in [5.41, 5.74) is 0. The molecular formula is C10H19NO4. The van der Waals surface area contributed by atoms with Crippen LogP contribution < -0.4 is 0 Å². The molecule has 0 aromatic carbocycles. The van der Waals surface area contributed by atoms with Gasteiger partial charge in [-0.15, -0.1) is 0 Å². The van der Waals surface area contributed by atoms with Crippen LogP contribution >= 0.6 is 0 Å². The summed E-state index contributed by atoms with van der Waals surface area (Å²) in [6, 6.07) is 0.0176. The molecule has 0 spiro atoms. The lowest BCUT2D eigenvalue weighted by Crippen LogP contribution is -2.42. The Morgan fingerprint density at radius 2 is 1.80 bits per heavy atom. The topological polar surface area (TPSA) is 77.8 Å². The van der Waals surface area contributed by atoms with Gasteiger partial charge in [0.2, 0.25) is 5.91 Å². The second kappa shape index (κ2) is 7.23. The maximum absolute atomic E-state index is 11.5. The van der Waals surface area contributed by atoms with Crippen molar-refractivity contribution in [2.45, 2.75) is 39.2 Å². The first-order valence-electron chi connectivity index (χ1n) is 5.18. The number of nitrogens with zero attached hydrogens (tertiary/aromatic N) is 1. The van der Waals surface area contributed by atoms with Gasteiger partial charge < -0.3 is 15.1 Å². The largest absolute Gasteiger partial charge is 0.481 e. The van der Waals surface area contributed by atoms with Gasteiger partial charge >= 0.3 is 5.97 Å². The zero-order valence-corrected chi connectivity index (χ0v) is 9.27. The molecule has 0 saturated carbocycles. The van der Waals surface area contributed by atoms with Crippen LogP contribution in [0.2, 0.25) is 0 Å². The van der Waals surface area contributed by atoms with E-state index in [1.54, 1.807) is 0 Å². The third-order valence-electron chi connectivity index (χ3n) is 2.35. The van der Waals surface area contributed by atoms with Crippen molar-refractivity contribution in [1.29, 1.82) is 0 Å². The van der Waals surface area contributed by atoms with E-state index in [0.717, 1.165) is 12.8 Å². The Kier molecular flexibility index (Phi) is 6.70. The SMILES string of the molecule is CCC(CC)N(CCO)C(=O)CC(=O)O. The van der Waals surface area contributed by atoms with Crippen LogP contribution in [-0.4, -0.2) is 46.2 Å². The van der Waals surface area contributed by atoms with Crippen LogP contribution in [0.4, 0.5) is 0 Å². The molecule has 0 radical (unpaired) electrons. The maximum Gasteiger partial charge on any atom is 0.312 e. The quantitative estimate of drug-likeness (QED) is 0.608. The van der Waals surface area contributed by atoms with E-state index in [-0.39, 0.29) is 19.2 Å². The van der Waals surface area contributed by atoms with E-state index in [9.17, 15) is 9.59 Å². The minimum absolute atomic E-state index is 0.0176. The number of aliphatic carboxylic acids is 1. The summed E-state index contributed by atoms with van der Waals surface area (Å²) < 4.78 is 0. The molecule has 0 heterocycles. The Balaban J connectivity index is 4.48. The van der Waals surface area contributed by atoms with Crippen LogP contribution in [0, 0.1) is 0 Å². The van der Waals surface area contributed by atoms with Gasteiger partial charge in [-0.1, -0.05) is 13.8 Å². The molecule has 0 rings (SSSR count). The number of hydrogen-bond donors (Lipinski definition) is 2. The molecule has 0 aromatic heterocycles. The average Bonchev–Trinajstić information content (AvgIpc) is 2.17. The fourth-order valence-electron chi connectivity index (χ4n) is 1.58. The predicted molar refractivity (Wildman–Crippen MR) is 55.4 cm³/mol. The number of aliphatic hydroxyl groups excluding tert-OH is 1. The zero-order chi connectivity index (χ0) is 11.8. The van der Waals surface area contributed by atoms with Gasteiger partial charge in [0, 0.05) is 12.6 Å². The van der Waals surface area contributed by atoms with E-state index in [1.807, 2.05) is 13.8 Å². The van der Waals surface area contributed by atoms with Crippen LogP contribution in [0.5, 0.6) is 0 Å². The van der Waals surface area contributed by atoms with Crippen molar-refractivity contribution in [2.75, 3.05) is 13.2 Å². The molecule has 0 aromatic rings. The van der Waals surface area contributed by atoms with E-state index < -0.39 is 18.3 Å². The molecule has 0 aliphatic rings.